The number of carbonyl (C=O) groups excluding carboxylic acids is 1. The van der Waals surface area contributed by atoms with Gasteiger partial charge in [-0.2, -0.15) is 0 Å². The van der Waals surface area contributed by atoms with Crippen molar-refractivity contribution in [3.05, 3.63) is 10.6 Å². The Balaban J connectivity index is 2.70. The second-order valence-corrected chi connectivity index (χ2v) is 2.43. The Morgan fingerprint density at radius 2 is 2.44 bits per heavy atom. The molecule has 0 aromatic carbocycles. The predicted molar refractivity (Wildman–Crippen MR) is 36.4 cm³/mol. The lowest BCUT2D eigenvalue weighted by atomic mass is 10.2. The molecule has 1 rings (SSSR count). The van der Waals surface area contributed by atoms with Crippen LogP contribution in [0.3, 0.4) is 0 Å². The number of carbonyl (C=O) groups is 1. The average Bonchev–Trinajstić information content (AvgIpc) is 1.89. The molecule has 0 aromatic heterocycles. The van der Waals surface area contributed by atoms with Crippen LogP contribution in [0.2, 0.25) is 0 Å². The van der Waals surface area contributed by atoms with E-state index in [0.717, 1.165) is 19.3 Å². The lowest BCUT2D eigenvalue weighted by molar-refractivity contribution is -0.105. The number of hydrogen-bond acceptors (Lipinski definition) is 2. The van der Waals surface area contributed by atoms with Gasteiger partial charge in [0.2, 0.25) is 0 Å². The zero-order chi connectivity index (χ0) is 6.69. The van der Waals surface area contributed by atoms with Gasteiger partial charge in [0.25, 0.3) is 0 Å². The summed E-state index contributed by atoms with van der Waals surface area (Å²) >= 11 is 5.69. The Hall–Kier alpha value is -0.340. The number of hydrogen-bond donors (Lipinski definition) is 1. The van der Waals surface area contributed by atoms with Gasteiger partial charge in [-0.15, -0.1) is 0 Å². The number of nitrogens with one attached hydrogen (secondary N) is 1. The van der Waals surface area contributed by atoms with Gasteiger partial charge in [-0.25, -0.2) is 0 Å². The van der Waals surface area contributed by atoms with Crippen molar-refractivity contribution >= 4 is 17.9 Å². The van der Waals surface area contributed by atoms with Crippen LogP contribution in [0.1, 0.15) is 6.42 Å². The molecule has 3 heteroatoms. The maximum atomic E-state index is 10.2. The van der Waals surface area contributed by atoms with Gasteiger partial charge in [0, 0.05) is 23.7 Å². The normalized spacial score (nSPS) is 20.1. The summed E-state index contributed by atoms with van der Waals surface area (Å²) in [6.45, 7) is 1.51. The Labute approximate surface area is 58.9 Å². The molecule has 0 amide bonds. The van der Waals surface area contributed by atoms with Gasteiger partial charge < -0.3 is 5.32 Å². The Bertz CT molecular complexity index is 153. The van der Waals surface area contributed by atoms with E-state index in [0.29, 0.717) is 17.2 Å². The third-order valence-corrected chi connectivity index (χ3v) is 1.76. The van der Waals surface area contributed by atoms with Crippen LogP contribution in [0.4, 0.5) is 0 Å². The van der Waals surface area contributed by atoms with Gasteiger partial charge in [0.05, 0.1) is 0 Å². The first-order chi connectivity index (χ1) is 4.34. The highest BCUT2D eigenvalue weighted by atomic mass is 35.5. The van der Waals surface area contributed by atoms with Crippen LogP contribution >= 0.6 is 11.6 Å². The first-order valence-electron chi connectivity index (χ1n) is 2.88. The molecular formula is C6H8ClNO. The molecule has 0 radical (unpaired) electrons. The average molecular weight is 146 g/mol. The Kier molecular flexibility index (Phi) is 2.25. The Morgan fingerprint density at radius 3 is 2.89 bits per heavy atom. The largest absolute Gasteiger partial charge is 0.312 e. The fraction of sp³-hybridized carbons (Fsp3) is 0.500. The molecule has 0 aliphatic carbocycles. The molecule has 0 saturated heterocycles. The van der Waals surface area contributed by atoms with Gasteiger partial charge in [0.1, 0.15) is 6.29 Å². The Morgan fingerprint density at radius 1 is 1.67 bits per heavy atom. The molecule has 0 unspecified atom stereocenters. The predicted octanol–water partition coefficient (Wildman–Crippen LogP) is 0.671. The summed E-state index contributed by atoms with van der Waals surface area (Å²) < 4.78 is 0. The molecule has 0 saturated carbocycles. The van der Waals surface area contributed by atoms with Crippen LogP contribution in [-0.4, -0.2) is 19.4 Å². The van der Waals surface area contributed by atoms with Crippen LogP contribution in [-0.2, 0) is 4.79 Å². The van der Waals surface area contributed by atoms with E-state index in [4.69, 9.17) is 11.6 Å². The van der Waals surface area contributed by atoms with Gasteiger partial charge in [0.15, 0.2) is 0 Å². The first-order valence-corrected chi connectivity index (χ1v) is 3.26. The van der Waals surface area contributed by atoms with E-state index < -0.39 is 0 Å². The van der Waals surface area contributed by atoms with E-state index in [2.05, 4.69) is 5.32 Å². The second-order valence-electron chi connectivity index (χ2n) is 1.97. The van der Waals surface area contributed by atoms with Crippen LogP contribution in [0.5, 0.6) is 0 Å². The fourth-order valence-corrected chi connectivity index (χ4v) is 0.989. The molecule has 1 heterocycles. The minimum atomic E-state index is 0.627. The van der Waals surface area contributed by atoms with Crippen molar-refractivity contribution in [2.45, 2.75) is 6.42 Å². The molecule has 1 aliphatic heterocycles. The lowest BCUT2D eigenvalue weighted by Crippen LogP contribution is -2.24. The highest BCUT2D eigenvalue weighted by Gasteiger charge is 2.07. The van der Waals surface area contributed by atoms with E-state index in [9.17, 15) is 4.79 Å². The molecule has 0 bridgehead atoms. The standard InChI is InChI=1S/C6H8ClNO/c7-6-1-2-8-3-5(6)4-9/h4,8H,1-3H2. The van der Waals surface area contributed by atoms with Crippen LogP contribution in [0.15, 0.2) is 10.6 Å². The topological polar surface area (TPSA) is 29.1 Å². The summed E-state index contributed by atoms with van der Waals surface area (Å²) in [5.74, 6) is 0. The van der Waals surface area contributed by atoms with Crippen molar-refractivity contribution in [2.75, 3.05) is 13.1 Å². The molecule has 0 spiro atoms. The van der Waals surface area contributed by atoms with Gasteiger partial charge >= 0.3 is 0 Å². The summed E-state index contributed by atoms with van der Waals surface area (Å²) in [5, 5.41) is 3.75. The van der Waals surface area contributed by atoms with Gasteiger partial charge in [-0.1, -0.05) is 11.6 Å². The monoisotopic (exact) mass is 145 g/mol. The van der Waals surface area contributed by atoms with Crippen LogP contribution < -0.4 is 5.32 Å². The molecule has 9 heavy (non-hydrogen) atoms. The summed E-state index contributed by atoms with van der Waals surface area (Å²) in [6.07, 6.45) is 1.60. The zero-order valence-electron chi connectivity index (χ0n) is 4.98. The summed E-state index contributed by atoms with van der Waals surface area (Å²) in [5.41, 5.74) is 0.697. The number of halogens is 1. The molecule has 0 atom stereocenters. The fourth-order valence-electron chi connectivity index (χ4n) is 0.783. The van der Waals surface area contributed by atoms with Crippen molar-refractivity contribution in [3.8, 4) is 0 Å². The van der Waals surface area contributed by atoms with Gasteiger partial charge in [-0.05, 0) is 6.42 Å². The number of rotatable bonds is 1. The van der Waals surface area contributed by atoms with Crippen molar-refractivity contribution in [1.82, 2.24) is 5.32 Å². The summed E-state index contributed by atoms with van der Waals surface area (Å²) in [4.78, 5) is 10.2. The van der Waals surface area contributed by atoms with Crippen molar-refractivity contribution < 1.29 is 4.79 Å². The highest BCUT2D eigenvalue weighted by molar-refractivity contribution is 6.31. The minimum Gasteiger partial charge on any atom is -0.312 e. The summed E-state index contributed by atoms with van der Waals surface area (Å²) in [7, 11) is 0. The first kappa shape index (κ1) is 6.78. The number of aldehydes is 1. The van der Waals surface area contributed by atoms with Crippen molar-refractivity contribution in [2.24, 2.45) is 0 Å². The molecule has 0 aromatic rings. The molecule has 0 fully saturated rings. The smallest absolute Gasteiger partial charge is 0.148 e. The van der Waals surface area contributed by atoms with Crippen LogP contribution in [0.25, 0.3) is 0 Å². The minimum absolute atomic E-state index is 0.627. The van der Waals surface area contributed by atoms with Crippen molar-refractivity contribution in [3.63, 3.8) is 0 Å². The zero-order valence-corrected chi connectivity index (χ0v) is 5.74. The second kappa shape index (κ2) is 2.99. The van der Waals surface area contributed by atoms with E-state index >= 15 is 0 Å². The van der Waals surface area contributed by atoms with Gasteiger partial charge in [-0.3, -0.25) is 4.79 Å². The highest BCUT2D eigenvalue weighted by Crippen LogP contribution is 2.13. The van der Waals surface area contributed by atoms with E-state index in [1.165, 1.54) is 0 Å². The molecule has 1 aliphatic rings. The van der Waals surface area contributed by atoms with E-state index in [-0.39, 0.29) is 0 Å². The molecular weight excluding hydrogens is 138 g/mol. The molecule has 2 nitrogen and oxygen atoms in total. The third kappa shape index (κ3) is 1.53. The van der Waals surface area contributed by atoms with E-state index in [1.807, 2.05) is 0 Å². The summed E-state index contributed by atoms with van der Waals surface area (Å²) in [6, 6.07) is 0. The molecule has 50 valence electrons. The SMILES string of the molecule is O=CC1=C(Cl)CCNC1. The maximum absolute atomic E-state index is 10.2. The molecule has 1 N–H and O–H groups in total. The lowest BCUT2D eigenvalue weighted by Gasteiger charge is -2.11. The maximum Gasteiger partial charge on any atom is 0.148 e. The quantitative estimate of drug-likeness (QED) is 0.550. The van der Waals surface area contributed by atoms with E-state index in [1.54, 1.807) is 0 Å². The van der Waals surface area contributed by atoms with Crippen LogP contribution in [0, 0.1) is 0 Å². The van der Waals surface area contributed by atoms with Crippen molar-refractivity contribution in [1.29, 1.82) is 0 Å². The third-order valence-electron chi connectivity index (χ3n) is 1.33.